The van der Waals surface area contributed by atoms with Crippen molar-refractivity contribution in [3.05, 3.63) is 22.2 Å². The Morgan fingerprint density at radius 2 is 1.69 bits per heavy atom. The molecule has 0 aliphatic carbocycles. The third kappa shape index (κ3) is 7.20. The summed E-state index contributed by atoms with van der Waals surface area (Å²) >= 11 is 0. The molecular formula is C25H48N3O9PSi. The topological polar surface area (TPSA) is 187 Å². The van der Waals surface area contributed by atoms with Crippen LogP contribution < -0.4 is 11.4 Å². The van der Waals surface area contributed by atoms with E-state index in [0.29, 0.717) is 5.56 Å². The SMILES string of the molecule is CCC(C)(C[C@H]1O[C@@H](n2cc(CO[Si](C)(C)C(C)(C)C)c(N)nc2=O)[C@H](O)[C@@H]1O)OP(=O)(O)C(O)(CC)CC. The molecule has 0 amide bonds. The van der Waals surface area contributed by atoms with Gasteiger partial charge in [0.15, 0.2) is 19.9 Å². The first-order valence-corrected chi connectivity index (χ1v) is 17.9. The number of aliphatic hydroxyl groups is 3. The van der Waals surface area contributed by atoms with Crippen LogP contribution in [0, 0.1) is 0 Å². The summed E-state index contributed by atoms with van der Waals surface area (Å²) in [5.41, 5.74) is 4.38. The van der Waals surface area contributed by atoms with Gasteiger partial charge in [0.05, 0.1) is 18.3 Å². The van der Waals surface area contributed by atoms with Crippen molar-refractivity contribution < 1.29 is 38.5 Å². The maximum Gasteiger partial charge on any atom is 0.359 e. The van der Waals surface area contributed by atoms with Crippen LogP contribution in [0.1, 0.15) is 85.9 Å². The minimum absolute atomic E-state index is 0.00420. The summed E-state index contributed by atoms with van der Waals surface area (Å²) in [6.07, 6.45) is -3.69. The molecule has 1 fully saturated rings. The van der Waals surface area contributed by atoms with Crippen LogP contribution in [0.15, 0.2) is 11.0 Å². The minimum Gasteiger partial charge on any atom is -0.412 e. The molecule has 0 spiro atoms. The third-order valence-corrected chi connectivity index (χ3v) is 15.3. The number of ether oxygens (including phenoxy) is 1. The summed E-state index contributed by atoms with van der Waals surface area (Å²) in [4.78, 5) is 27.3. The van der Waals surface area contributed by atoms with E-state index in [4.69, 9.17) is 19.4 Å². The van der Waals surface area contributed by atoms with Crippen molar-refractivity contribution in [2.45, 2.75) is 134 Å². The van der Waals surface area contributed by atoms with Crippen LogP contribution in [0.2, 0.25) is 18.1 Å². The molecule has 2 rings (SSSR count). The molecule has 0 radical (unpaired) electrons. The van der Waals surface area contributed by atoms with Crippen molar-refractivity contribution in [3.63, 3.8) is 0 Å². The van der Waals surface area contributed by atoms with Crippen LogP contribution >= 0.6 is 7.60 Å². The van der Waals surface area contributed by atoms with Gasteiger partial charge in [-0.25, -0.2) is 4.79 Å². The van der Waals surface area contributed by atoms with Crippen molar-refractivity contribution >= 4 is 21.7 Å². The van der Waals surface area contributed by atoms with Crippen molar-refractivity contribution in [2.24, 2.45) is 0 Å². The summed E-state index contributed by atoms with van der Waals surface area (Å²) in [7, 11) is -6.65. The number of aromatic nitrogens is 2. The number of hydrogen-bond donors (Lipinski definition) is 5. The second-order valence-electron chi connectivity index (χ2n) is 12.2. The van der Waals surface area contributed by atoms with Gasteiger partial charge < -0.3 is 39.6 Å². The zero-order valence-electron chi connectivity index (χ0n) is 24.7. The van der Waals surface area contributed by atoms with Crippen molar-refractivity contribution in [3.8, 4) is 0 Å². The van der Waals surface area contributed by atoms with Gasteiger partial charge in [0, 0.05) is 18.2 Å². The molecule has 12 nitrogen and oxygen atoms in total. The third-order valence-electron chi connectivity index (χ3n) is 8.45. The van der Waals surface area contributed by atoms with Gasteiger partial charge in [-0.3, -0.25) is 9.13 Å². The Morgan fingerprint density at radius 1 is 1.13 bits per heavy atom. The van der Waals surface area contributed by atoms with Gasteiger partial charge in [-0.1, -0.05) is 41.5 Å². The second-order valence-corrected chi connectivity index (χ2v) is 19.1. The lowest BCUT2D eigenvalue weighted by Gasteiger charge is -2.38. The number of anilines is 1. The van der Waals surface area contributed by atoms with Crippen LogP contribution in [-0.4, -0.2) is 67.3 Å². The van der Waals surface area contributed by atoms with E-state index in [1.807, 2.05) is 0 Å². The molecule has 0 bridgehead atoms. The molecule has 1 aliphatic heterocycles. The second kappa shape index (κ2) is 12.0. The van der Waals surface area contributed by atoms with E-state index in [9.17, 15) is 29.6 Å². The molecule has 6 N–H and O–H groups in total. The fourth-order valence-electron chi connectivity index (χ4n) is 4.12. The molecule has 1 saturated heterocycles. The fraction of sp³-hybridized carbons (Fsp3) is 0.840. The Balaban J connectivity index is 2.31. The molecule has 1 aliphatic rings. The van der Waals surface area contributed by atoms with Crippen LogP contribution in [0.25, 0.3) is 0 Å². The molecule has 14 heteroatoms. The molecule has 39 heavy (non-hydrogen) atoms. The molecule has 0 aromatic carbocycles. The van der Waals surface area contributed by atoms with E-state index in [1.54, 1.807) is 27.7 Å². The lowest BCUT2D eigenvalue weighted by molar-refractivity contribution is -0.0721. The van der Waals surface area contributed by atoms with E-state index in [0.717, 1.165) is 4.57 Å². The van der Waals surface area contributed by atoms with Gasteiger partial charge >= 0.3 is 13.3 Å². The van der Waals surface area contributed by atoms with Gasteiger partial charge in [-0.05, 0) is 44.3 Å². The number of nitrogen functional groups attached to an aromatic ring is 1. The van der Waals surface area contributed by atoms with E-state index >= 15 is 0 Å². The zero-order valence-corrected chi connectivity index (χ0v) is 26.6. The lowest BCUT2D eigenvalue weighted by Crippen LogP contribution is -2.41. The molecule has 0 saturated carbocycles. The predicted octanol–water partition coefficient (Wildman–Crippen LogP) is 3.24. The Bertz CT molecular complexity index is 1110. The summed E-state index contributed by atoms with van der Waals surface area (Å²) < 4.78 is 31.9. The van der Waals surface area contributed by atoms with Crippen LogP contribution in [0.5, 0.6) is 0 Å². The van der Waals surface area contributed by atoms with Crippen LogP contribution in [0.4, 0.5) is 5.82 Å². The van der Waals surface area contributed by atoms with Gasteiger partial charge in [0.2, 0.25) is 0 Å². The maximum absolute atomic E-state index is 13.0. The minimum atomic E-state index is -4.51. The van der Waals surface area contributed by atoms with Crippen molar-refractivity contribution in [1.29, 1.82) is 0 Å². The average Bonchev–Trinajstić information content (AvgIpc) is 3.09. The number of nitrogens with zero attached hydrogens (tertiary/aromatic N) is 2. The Morgan fingerprint density at radius 3 is 2.18 bits per heavy atom. The predicted molar refractivity (Wildman–Crippen MR) is 151 cm³/mol. The quantitative estimate of drug-likeness (QED) is 0.177. The standard InChI is InChI=1S/C25H48N3O9PSi/c1-10-24(7,37-38(33,34)25(32,11-2)12-3)13-17-18(29)19(30)21(36-17)28-14-16(20(26)27-22(28)31)15-35-39(8,9)23(4,5)6/h14,17-19,21,29-30,32H,10-13,15H2,1-9H3,(H,33,34)(H2,26,27,31)/t17-,18-,19-,21-,24?/m1/s1. The number of nitrogens with two attached hydrogens (primary N) is 1. The van der Waals surface area contributed by atoms with Crippen LogP contribution in [0.3, 0.4) is 0 Å². The zero-order chi connectivity index (χ0) is 30.2. The molecule has 1 aromatic rings. The normalized spacial score (nSPS) is 25.9. The molecule has 1 aromatic heterocycles. The van der Waals surface area contributed by atoms with E-state index in [-0.39, 0.29) is 43.1 Å². The van der Waals surface area contributed by atoms with Gasteiger partial charge in [0.25, 0.3) is 0 Å². The van der Waals surface area contributed by atoms with Crippen molar-refractivity contribution in [1.82, 2.24) is 9.55 Å². The summed E-state index contributed by atoms with van der Waals surface area (Å²) in [6, 6.07) is 0. The fourth-order valence-corrected chi connectivity index (χ4v) is 6.84. The highest BCUT2D eigenvalue weighted by Gasteiger charge is 2.52. The van der Waals surface area contributed by atoms with E-state index in [1.165, 1.54) is 6.20 Å². The first-order chi connectivity index (χ1) is 17.7. The summed E-state index contributed by atoms with van der Waals surface area (Å²) in [5.74, 6) is 0.00420. The first kappa shape index (κ1) is 34.1. The smallest absolute Gasteiger partial charge is 0.359 e. The van der Waals surface area contributed by atoms with Gasteiger partial charge in [-0.15, -0.1) is 0 Å². The molecular weight excluding hydrogens is 545 g/mol. The van der Waals surface area contributed by atoms with Crippen LogP contribution in [-0.2, 0) is 24.9 Å². The summed E-state index contributed by atoms with van der Waals surface area (Å²) in [6.45, 7) is 17.0. The highest BCUT2D eigenvalue weighted by Crippen LogP contribution is 2.60. The Kier molecular flexibility index (Phi) is 10.5. The van der Waals surface area contributed by atoms with Gasteiger partial charge in [0.1, 0.15) is 18.0 Å². The van der Waals surface area contributed by atoms with E-state index < -0.39 is 57.1 Å². The average molecular weight is 594 g/mol. The molecule has 226 valence electrons. The maximum atomic E-state index is 13.0. The number of rotatable bonds is 12. The summed E-state index contributed by atoms with van der Waals surface area (Å²) in [5, 5.41) is 30.3. The number of hydrogen-bond acceptors (Lipinski definition) is 10. The van der Waals surface area contributed by atoms with Crippen molar-refractivity contribution in [2.75, 3.05) is 5.73 Å². The Labute approximate surface area is 232 Å². The molecule has 6 atom stereocenters. The number of aliphatic hydroxyl groups excluding tert-OH is 2. The van der Waals surface area contributed by atoms with Gasteiger partial charge in [-0.2, -0.15) is 4.98 Å². The van der Waals surface area contributed by atoms with E-state index in [2.05, 4.69) is 38.8 Å². The molecule has 2 heterocycles. The first-order valence-electron chi connectivity index (χ1n) is 13.5. The largest absolute Gasteiger partial charge is 0.412 e. The Hall–Kier alpha value is -1.15. The highest BCUT2D eigenvalue weighted by atomic mass is 31.2. The lowest BCUT2D eigenvalue weighted by atomic mass is 9.93. The molecule has 2 unspecified atom stereocenters. The monoisotopic (exact) mass is 593 g/mol. The highest BCUT2D eigenvalue weighted by molar-refractivity contribution is 7.54.